The number of hydrogen-bond donors (Lipinski definition) is 4. The molecule has 178 valence electrons. The average molecular weight is 462 g/mol. The van der Waals surface area contributed by atoms with Crippen molar-refractivity contribution >= 4 is 40.6 Å². The van der Waals surface area contributed by atoms with E-state index in [1.807, 2.05) is 12.3 Å². The SMILES string of the molecule is CN1CCC(C(=O)Nc2cnc3[nH]cc(/C=C4/N=C(NC5CC6CCC5C6)NC4=O)c3c2)CC1. The molecule has 9 nitrogen and oxygen atoms in total. The molecule has 0 radical (unpaired) electrons. The molecule has 4 heterocycles. The molecule has 3 unspecified atom stereocenters. The first-order valence-electron chi connectivity index (χ1n) is 12.4. The number of pyridine rings is 1. The van der Waals surface area contributed by atoms with E-state index in [0.29, 0.717) is 35.0 Å². The summed E-state index contributed by atoms with van der Waals surface area (Å²) in [5, 5.41) is 10.2. The Morgan fingerprint density at radius 1 is 1.21 bits per heavy atom. The number of H-pyrrole nitrogens is 1. The predicted molar refractivity (Wildman–Crippen MR) is 131 cm³/mol. The lowest BCUT2D eigenvalue weighted by atomic mass is 9.95. The predicted octanol–water partition coefficient (Wildman–Crippen LogP) is 2.45. The van der Waals surface area contributed by atoms with Crippen LogP contribution in [0.1, 0.15) is 44.1 Å². The molecule has 2 bridgehead atoms. The van der Waals surface area contributed by atoms with Crippen LogP contribution in [0.15, 0.2) is 29.1 Å². The van der Waals surface area contributed by atoms with Gasteiger partial charge in [-0.15, -0.1) is 0 Å². The summed E-state index contributed by atoms with van der Waals surface area (Å²) in [5.41, 5.74) is 2.54. The van der Waals surface area contributed by atoms with Crippen molar-refractivity contribution in [2.24, 2.45) is 22.7 Å². The number of guanidine groups is 1. The Kier molecular flexibility index (Phi) is 5.36. The number of hydrogen-bond acceptors (Lipinski definition) is 6. The molecular formula is C25H31N7O2. The van der Waals surface area contributed by atoms with Crippen LogP contribution in [-0.2, 0) is 9.59 Å². The second kappa shape index (κ2) is 8.54. The summed E-state index contributed by atoms with van der Waals surface area (Å²) in [6.45, 7) is 1.87. The third kappa shape index (κ3) is 4.09. The number of nitrogens with one attached hydrogen (secondary N) is 4. The van der Waals surface area contributed by atoms with Gasteiger partial charge in [-0.25, -0.2) is 9.98 Å². The van der Waals surface area contributed by atoms with Crippen molar-refractivity contribution in [1.82, 2.24) is 25.5 Å². The minimum atomic E-state index is -0.209. The van der Waals surface area contributed by atoms with Gasteiger partial charge in [0.25, 0.3) is 5.91 Å². The van der Waals surface area contributed by atoms with Gasteiger partial charge in [0.05, 0.1) is 11.9 Å². The van der Waals surface area contributed by atoms with Gasteiger partial charge < -0.3 is 20.5 Å². The van der Waals surface area contributed by atoms with Gasteiger partial charge in [-0.2, -0.15) is 0 Å². The number of fused-ring (bicyclic) bond motifs is 3. The van der Waals surface area contributed by atoms with Crippen LogP contribution >= 0.6 is 0 Å². The van der Waals surface area contributed by atoms with E-state index in [9.17, 15) is 9.59 Å². The Morgan fingerprint density at radius 2 is 2.06 bits per heavy atom. The van der Waals surface area contributed by atoms with Crippen LogP contribution in [0.2, 0.25) is 0 Å². The molecule has 0 aromatic carbocycles. The molecular weight excluding hydrogens is 430 g/mol. The summed E-state index contributed by atoms with van der Waals surface area (Å²) in [6, 6.07) is 2.31. The molecule has 6 rings (SSSR count). The molecule has 3 atom stereocenters. The Bertz CT molecular complexity index is 1190. The number of nitrogens with zero attached hydrogens (tertiary/aromatic N) is 3. The zero-order chi connectivity index (χ0) is 23.2. The van der Waals surface area contributed by atoms with Crippen LogP contribution < -0.4 is 16.0 Å². The minimum absolute atomic E-state index is 0.0252. The molecule has 2 saturated carbocycles. The quantitative estimate of drug-likeness (QED) is 0.522. The van der Waals surface area contributed by atoms with Crippen molar-refractivity contribution in [3.05, 3.63) is 29.7 Å². The highest BCUT2D eigenvalue weighted by molar-refractivity contribution is 6.14. The first kappa shape index (κ1) is 21.3. The van der Waals surface area contributed by atoms with Crippen LogP contribution in [0, 0.1) is 17.8 Å². The number of aromatic amines is 1. The van der Waals surface area contributed by atoms with Crippen molar-refractivity contribution in [3.63, 3.8) is 0 Å². The first-order chi connectivity index (χ1) is 16.5. The zero-order valence-electron chi connectivity index (χ0n) is 19.4. The second-order valence-electron chi connectivity index (χ2n) is 10.3. The molecule has 2 aliphatic heterocycles. The van der Waals surface area contributed by atoms with Gasteiger partial charge in [-0.05, 0) is 76.2 Å². The number of rotatable bonds is 4. The van der Waals surface area contributed by atoms with E-state index in [2.05, 4.69) is 42.9 Å². The van der Waals surface area contributed by atoms with E-state index in [4.69, 9.17) is 0 Å². The topological polar surface area (TPSA) is 115 Å². The Hall–Kier alpha value is -3.20. The fourth-order valence-corrected chi connectivity index (χ4v) is 6.01. The number of carbonyl (C=O) groups is 2. The molecule has 1 saturated heterocycles. The molecule has 4 aliphatic rings. The number of anilines is 1. The summed E-state index contributed by atoms with van der Waals surface area (Å²) in [7, 11) is 2.08. The van der Waals surface area contributed by atoms with E-state index < -0.39 is 0 Å². The molecule has 34 heavy (non-hydrogen) atoms. The number of piperidine rings is 1. The van der Waals surface area contributed by atoms with E-state index in [1.165, 1.54) is 25.7 Å². The van der Waals surface area contributed by atoms with E-state index in [-0.39, 0.29) is 17.7 Å². The van der Waals surface area contributed by atoms with Gasteiger partial charge in [0, 0.05) is 29.1 Å². The zero-order valence-corrected chi connectivity index (χ0v) is 19.4. The summed E-state index contributed by atoms with van der Waals surface area (Å²) < 4.78 is 0. The fraction of sp³-hybridized carbons (Fsp3) is 0.520. The highest BCUT2D eigenvalue weighted by atomic mass is 16.2. The third-order valence-corrected chi connectivity index (χ3v) is 7.97. The summed E-state index contributed by atoms with van der Waals surface area (Å²) in [6.07, 6.45) is 12.1. The average Bonchev–Trinajstić information content (AvgIpc) is 3.60. The monoisotopic (exact) mass is 461 g/mol. The minimum Gasteiger partial charge on any atom is -0.353 e. The maximum absolute atomic E-state index is 12.7. The number of carbonyl (C=O) groups excluding carboxylic acids is 2. The number of aromatic nitrogens is 2. The molecule has 4 N–H and O–H groups in total. The van der Waals surface area contributed by atoms with Crippen molar-refractivity contribution < 1.29 is 9.59 Å². The first-order valence-corrected chi connectivity index (χ1v) is 12.4. The van der Waals surface area contributed by atoms with Crippen molar-refractivity contribution in [2.45, 2.75) is 44.6 Å². The highest BCUT2D eigenvalue weighted by Gasteiger charge is 2.40. The van der Waals surface area contributed by atoms with Crippen molar-refractivity contribution in [2.75, 3.05) is 25.5 Å². The van der Waals surface area contributed by atoms with Crippen LogP contribution in [-0.4, -0.2) is 58.8 Å². The summed E-state index contributed by atoms with van der Waals surface area (Å²) in [4.78, 5) is 39.7. The highest BCUT2D eigenvalue weighted by Crippen LogP contribution is 2.44. The summed E-state index contributed by atoms with van der Waals surface area (Å²) in [5.74, 6) is 1.93. The van der Waals surface area contributed by atoms with Crippen molar-refractivity contribution in [1.29, 1.82) is 0 Å². The van der Waals surface area contributed by atoms with Crippen molar-refractivity contribution in [3.8, 4) is 0 Å². The Balaban J connectivity index is 1.18. The molecule has 2 aromatic heterocycles. The standard InChI is InChI=1S/C25H31N7O2/c1-32-6-4-15(5-7-32)23(33)28-18-11-19-17(12-26-22(19)27-13-18)10-21-24(34)31-25(30-21)29-20-9-14-2-3-16(20)8-14/h10-16,20H,2-9H2,1H3,(H,26,27)(H,28,33)(H2,29,30,31,34)/b21-10+. The molecule has 3 fully saturated rings. The lowest BCUT2D eigenvalue weighted by Gasteiger charge is -2.28. The smallest absolute Gasteiger partial charge is 0.276 e. The van der Waals surface area contributed by atoms with E-state index >= 15 is 0 Å². The lowest BCUT2D eigenvalue weighted by Crippen LogP contribution is -2.44. The number of aliphatic imine (C=N–C) groups is 1. The number of amides is 2. The van der Waals surface area contributed by atoms with Crippen LogP contribution in [0.25, 0.3) is 17.1 Å². The molecule has 2 aromatic rings. The molecule has 2 amide bonds. The largest absolute Gasteiger partial charge is 0.353 e. The Labute approximate surface area is 198 Å². The maximum atomic E-state index is 12.7. The third-order valence-electron chi connectivity index (χ3n) is 7.97. The maximum Gasteiger partial charge on any atom is 0.276 e. The fourth-order valence-electron chi connectivity index (χ4n) is 6.01. The van der Waals surface area contributed by atoms with Crippen LogP contribution in [0.4, 0.5) is 5.69 Å². The van der Waals surface area contributed by atoms with Gasteiger partial charge >= 0.3 is 0 Å². The normalized spacial score (nSPS) is 28.5. The van der Waals surface area contributed by atoms with Crippen LogP contribution in [0.3, 0.4) is 0 Å². The van der Waals surface area contributed by atoms with E-state index in [0.717, 1.165) is 42.8 Å². The van der Waals surface area contributed by atoms with Gasteiger partial charge in [-0.1, -0.05) is 6.42 Å². The molecule has 2 aliphatic carbocycles. The van der Waals surface area contributed by atoms with E-state index in [1.54, 1.807) is 12.3 Å². The summed E-state index contributed by atoms with van der Waals surface area (Å²) >= 11 is 0. The lowest BCUT2D eigenvalue weighted by molar-refractivity contribution is -0.121. The Morgan fingerprint density at radius 3 is 2.82 bits per heavy atom. The van der Waals surface area contributed by atoms with Crippen LogP contribution in [0.5, 0.6) is 0 Å². The molecule has 9 heteroatoms. The van der Waals surface area contributed by atoms with Gasteiger partial charge in [0.15, 0.2) is 0 Å². The number of likely N-dealkylation sites (tertiary alicyclic amines) is 1. The van der Waals surface area contributed by atoms with Gasteiger partial charge in [-0.3, -0.25) is 14.9 Å². The second-order valence-corrected chi connectivity index (χ2v) is 10.3. The molecule has 0 spiro atoms. The van der Waals surface area contributed by atoms with Gasteiger partial charge in [0.1, 0.15) is 11.3 Å². The van der Waals surface area contributed by atoms with Gasteiger partial charge in [0.2, 0.25) is 11.9 Å².